The highest BCUT2D eigenvalue weighted by Crippen LogP contribution is 2.28. The second-order valence-electron chi connectivity index (χ2n) is 4.20. The van der Waals surface area contributed by atoms with E-state index in [-0.39, 0.29) is 12.4 Å². The first-order valence-electron chi connectivity index (χ1n) is 5.85. The van der Waals surface area contributed by atoms with E-state index in [2.05, 4.69) is 37.0 Å². The predicted octanol–water partition coefficient (Wildman–Crippen LogP) is 4.02. The molecule has 3 N–H and O–H groups in total. The molecule has 0 saturated carbocycles. The Kier molecular flexibility index (Phi) is 5.19. The second-order valence-corrected chi connectivity index (χ2v) is 5.97. The lowest BCUT2D eigenvalue weighted by molar-refractivity contribution is 0.303. The summed E-state index contributed by atoms with van der Waals surface area (Å²) >= 11 is 6.73. The maximum Gasteiger partial charge on any atom is 0.170 e. The van der Waals surface area contributed by atoms with Gasteiger partial charge in [0.15, 0.2) is 5.84 Å². The van der Waals surface area contributed by atoms with E-state index < -0.39 is 5.82 Å². The molecule has 2 aromatic rings. The molecule has 0 aliphatic carbocycles. The van der Waals surface area contributed by atoms with E-state index in [1.54, 1.807) is 12.1 Å². The Morgan fingerprint density at radius 1 is 1.24 bits per heavy atom. The first-order chi connectivity index (χ1) is 9.99. The van der Waals surface area contributed by atoms with Crippen LogP contribution in [0.5, 0.6) is 5.75 Å². The van der Waals surface area contributed by atoms with Crippen molar-refractivity contribution >= 4 is 37.7 Å². The maximum atomic E-state index is 13.5. The van der Waals surface area contributed by atoms with Gasteiger partial charge in [0.05, 0.1) is 4.47 Å². The number of amidine groups is 1. The minimum atomic E-state index is -0.479. The molecule has 0 unspecified atom stereocenters. The van der Waals surface area contributed by atoms with Gasteiger partial charge in [0.25, 0.3) is 0 Å². The zero-order valence-electron chi connectivity index (χ0n) is 10.7. The fourth-order valence-corrected chi connectivity index (χ4v) is 2.85. The summed E-state index contributed by atoms with van der Waals surface area (Å²) < 4.78 is 20.8. The van der Waals surface area contributed by atoms with Gasteiger partial charge in [-0.15, -0.1) is 0 Å². The summed E-state index contributed by atoms with van der Waals surface area (Å²) in [6, 6.07) is 9.61. The van der Waals surface area contributed by atoms with Gasteiger partial charge in [0, 0.05) is 10.0 Å². The van der Waals surface area contributed by atoms with Crippen molar-refractivity contribution in [1.29, 1.82) is 0 Å². The third kappa shape index (κ3) is 4.18. The molecule has 7 heteroatoms. The number of hydrogen-bond acceptors (Lipinski definition) is 3. The lowest BCUT2D eigenvalue weighted by Crippen LogP contribution is -2.14. The van der Waals surface area contributed by atoms with Crippen LogP contribution < -0.4 is 10.5 Å². The zero-order chi connectivity index (χ0) is 15.4. The SMILES string of the molecule is N/C(=N/O)c1cc(F)cc(COc2ccc(Br)cc2Br)c1. The van der Waals surface area contributed by atoms with Crippen molar-refractivity contribution in [1.82, 2.24) is 0 Å². The molecule has 0 atom stereocenters. The summed E-state index contributed by atoms with van der Waals surface area (Å²) in [4.78, 5) is 0. The van der Waals surface area contributed by atoms with E-state index in [1.807, 2.05) is 12.1 Å². The highest BCUT2D eigenvalue weighted by Gasteiger charge is 2.07. The van der Waals surface area contributed by atoms with Crippen molar-refractivity contribution < 1.29 is 14.3 Å². The van der Waals surface area contributed by atoms with E-state index in [9.17, 15) is 4.39 Å². The normalized spacial score (nSPS) is 11.5. The van der Waals surface area contributed by atoms with Crippen molar-refractivity contribution in [3.05, 3.63) is 62.3 Å². The number of hydrogen-bond donors (Lipinski definition) is 2. The van der Waals surface area contributed by atoms with E-state index >= 15 is 0 Å². The molecular formula is C14H11Br2FN2O2. The van der Waals surface area contributed by atoms with Crippen LogP contribution in [0.2, 0.25) is 0 Å². The number of ether oxygens (including phenoxy) is 1. The number of oxime groups is 1. The number of nitrogens with two attached hydrogens (primary N) is 1. The Morgan fingerprint density at radius 2 is 2.00 bits per heavy atom. The van der Waals surface area contributed by atoms with Crippen molar-refractivity contribution in [2.75, 3.05) is 0 Å². The topological polar surface area (TPSA) is 67.8 Å². The average molecular weight is 418 g/mol. The summed E-state index contributed by atoms with van der Waals surface area (Å²) in [6.45, 7) is 0.156. The molecular weight excluding hydrogens is 407 g/mol. The fraction of sp³-hybridized carbons (Fsp3) is 0.0714. The van der Waals surface area contributed by atoms with Crippen LogP contribution in [0.25, 0.3) is 0 Å². The van der Waals surface area contributed by atoms with Gasteiger partial charge in [0.1, 0.15) is 18.2 Å². The number of halogens is 3. The molecule has 0 aliphatic rings. The maximum absolute atomic E-state index is 13.5. The molecule has 0 heterocycles. The van der Waals surface area contributed by atoms with Crippen molar-refractivity contribution in [3.8, 4) is 5.75 Å². The molecule has 0 aromatic heterocycles. The molecule has 110 valence electrons. The quantitative estimate of drug-likeness (QED) is 0.341. The summed E-state index contributed by atoms with van der Waals surface area (Å²) in [5, 5.41) is 11.5. The lowest BCUT2D eigenvalue weighted by Gasteiger charge is -2.10. The van der Waals surface area contributed by atoms with Gasteiger partial charge in [-0.05, 0) is 57.9 Å². The molecule has 2 rings (SSSR count). The standard InChI is InChI=1S/C14H11Br2FN2O2/c15-10-1-2-13(12(16)6-10)21-7-8-3-9(14(18)19-20)5-11(17)4-8/h1-6,20H,7H2,(H2,18,19). The summed E-state index contributed by atoms with van der Waals surface area (Å²) in [5.41, 5.74) is 6.33. The number of nitrogens with zero attached hydrogens (tertiary/aromatic N) is 1. The lowest BCUT2D eigenvalue weighted by atomic mass is 10.1. The third-order valence-electron chi connectivity index (χ3n) is 2.65. The Labute approximate surface area is 137 Å². The zero-order valence-corrected chi connectivity index (χ0v) is 13.9. The van der Waals surface area contributed by atoms with Crippen LogP contribution in [0.15, 0.2) is 50.5 Å². The van der Waals surface area contributed by atoms with Crippen LogP contribution >= 0.6 is 31.9 Å². The molecule has 0 bridgehead atoms. The first kappa shape index (κ1) is 15.8. The summed E-state index contributed by atoms with van der Waals surface area (Å²) in [7, 11) is 0. The highest BCUT2D eigenvalue weighted by atomic mass is 79.9. The van der Waals surface area contributed by atoms with Crippen molar-refractivity contribution in [2.45, 2.75) is 6.61 Å². The van der Waals surface area contributed by atoms with Crippen LogP contribution in [-0.4, -0.2) is 11.0 Å². The molecule has 21 heavy (non-hydrogen) atoms. The monoisotopic (exact) mass is 416 g/mol. The van der Waals surface area contributed by atoms with Crippen LogP contribution in [-0.2, 0) is 6.61 Å². The molecule has 0 amide bonds. The number of benzene rings is 2. The smallest absolute Gasteiger partial charge is 0.170 e. The number of rotatable bonds is 4. The van der Waals surface area contributed by atoms with E-state index in [1.165, 1.54) is 12.1 Å². The predicted molar refractivity (Wildman–Crippen MR) is 85.1 cm³/mol. The Bertz CT molecular complexity index is 693. The van der Waals surface area contributed by atoms with E-state index in [0.717, 1.165) is 8.95 Å². The van der Waals surface area contributed by atoms with Gasteiger partial charge in [-0.2, -0.15) is 0 Å². The second kappa shape index (κ2) is 6.91. The van der Waals surface area contributed by atoms with Crippen LogP contribution in [0.1, 0.15) is 11.1 Å². The van der Waals surface area contributed by atoms with E-state index in [0.29, 0.717) is 16.9 Å². The Hall–Kier alpha value is -1.60. The fourth-order valence-electron chi connectivity index (χ4n) is 1.69. The van der Waals surface area contributed by atoms with E-state index in [4.69, 9.17) is 15.7 Å². The minimum Gasteiger partial charge on any atom is -0.488 e. The van der Waals surface area contributed by atoms with Gasteiger partial charge < -0.3 is 15.7 Å². The van der Waals surface area contributed by atoms with Crippen LogP contribution in [0.4, 0.5) is 4.39 Å². The summed E-state index contributed by atoms with van der Waals surface area (Å²) in [5.74, 6) is 0.000882. The van der Waals surface area contributed by atoms with Crippen LogP contribution in [0.3, 0.4) is 0 Å². The summed E-state index contributed by atoms with van der Waals surface area (Å²) in [6.07, 6.45) is 0. The van der Waals surface area contributed by atoms with Gasteiger partial charge in [-0.1, -0.05) is 21.1 Å². The molecule has 0 spiro atoms. The first-order valence-corrected chi connectivity index (χ1v) is 7.43. The molecule has 0 fully saturated rings. The molecule has 4 nitrogen and oxygen atoms in total. The molecule has 0 radical (unpaired) electrons. The van der Waals surface area contributed by atoms with Gasteiger partial charge in [0.2, 0.25) is 0 Å². The van der Waals surface area contributed by atoms with Crippen molar-refractivity contribution in [2.24, 2.45) is 10.9 Å². The molecule has 2 aromatic carbocycles. The Balaban J connectivity index is 2.18. The van der Waals surface area contributed by atoms with Crippen LogP contribution in [0, 0.1) is 5.82 Å². The van der Waals surface area contributed by atoms with Crippen molar-refractivity contribution in [3.63, 3.8) is 0 Å². The minimum absolute atomic E-state index is 0.152. The van der Waals surface area contributed by atoms with Gasteiger partial charge in [-0.25, -0.2) is 4.39 Å². The average Bonchev–Trinajstić information content (AvgIpc) is 2.45. The Morgan fingerprint density at radius 3 is 2.67 bits per heavy atom. The third-order valence-corrected chi connectivity index (χ3v) is 3.76. The molecule has 0 saturated heterocycles. The largest absolute Gasteiger partial charge is 0.488 e. The van der Waals surface area contributed by atoms with Gasteiger partial charge in [-0.3, -0.25) is 0 Å². The molecule has 0 aliphatic heterocycles. The van der Waals surface area contributed by atoms with Gasteiger partial charge >= 0.3 is 0 Å². The highest BCUT2D eigenvalue weighted by molar-refractivity contribution is 9.11.